The third-order valence-corrected chi connectivity index (χ3v) is 3.56. The zero-order valence-electron chi connectivity index (χ0n) is 11.7. The maximum Gasteiger partial charge on any atom is 0.154 e. The Balaban J connectivity index is 2.40. The van der Waals surface area contributed by atoms with Gasteiger partial charge in [-0.1, -0.05) is 40.9 Å². The predicted molar refractivity (Wildman–Crippen MR) is 87.7 cm³/mol. The van der Waals surface area contributed by atoms with Crippen LogP contribution in [0.2, 0.25) is 10.0 Å². The minimum atomic E-state index is 0.526. The van der Waals surface area contributed by atoms with Crippen molar-refractivity contribution in [3.05, 3.63) is 45.9 Å². The van der Waals surface area contributed by atoms with Crippen molar-refractivity contribution in [2.45, 2.75) is 13.8 Å². The van der Waals surface area contributed by atoms with Gasteiger partial charge < -0.3 is 10.2 Å². The van der Waals surface area contributed by atoms with Crippen LogP contribution in [0.4, 0.5) is 17.3 Å². The van der Waals surface area contributed by atoms with Gasteiger partial charge in [-0.3, -0.25) is 0 Å². The first-order valence-electron chi connectivity index (χ1n) is 6.43. The highest BCUT2D eigenvalue weighted by molar-refractivity contribution is 6.37. The minimum Gasteiger partial charge on any atom is -0.369 e. The highest BCUT2D eigenvalue weighted by Crippen LogP contribution is 2.34. The molecule has 1 aromatic heterocycles. The Morgan fingerprint density at radius 2 is 1.80 bits per heavy atom. The van der Waals surface area contributed by atoms with Gasteiger partial charge >= 0.3 is 0 Å². The van der Waals surface area contributed by atoms with E-state index < -0.39 is 0 Å². The van der Waals surface area contributed by atoms with E-state index in [-0.39, 0.29) is 0 Å². The van der Waals surface area contributed by atoms with E-state index in [1.165, 1.54) is 5.56 Å². The molecule has 106 valence electrons. The van der Waals surface area contributed by atoms with Gasteiger partial charge in [-0.15, -0.1) is 0 Å². The lowest BCUT2D eigenvalue weighted by Gasteiger charge is -2.21. The van der Waals surface area contributed by atoms with Gasteiger partial charge in [-0.2, -0.15) is 0 Å². The van der Waals surface area contributed by atoms with Crippen molar-refractivity contribution < 1.29 is 0 Å². The van der Waals surface area contributed by atoms with Crippen molar-refractivity contribution in [1.82, 2.24) is 4.98 Å². The maximum atomic E-state index is 6.26. The van der Waals surface area contributed by atoms with Gasteiger partial charge in [-0.05, 0) is 32.0 Å². The molecule has 0 aliphatic rings. The van der Waals surface area contributed by atoms with Crippen molar-refractivity contribution in [1.29, 1.82) is 0 Å². The number of benzene rings is 1. The third kappa shape index (κ3) is 3.17. The van der Waals surface area contributed by atoms with Crippen LogP contribution in [0.25, 0.3) is 0 Å². The second-order valence-electron chi connectivity index (χ2n) is 4.55. The molecule has 20 heavy (non-hydrogen) atoms. The smallest absolute Gasteiger partial charge is 0.154 e. The molecule has 0 atom stereocenters. The van der Waals surface area contributed by atoms with E-state index in [1.807, 2.05) is 31.0 Å². The van der Waals surface area contributed by atoms with E-state index in [4.69, 9.17) is 23.2 Å². The summed E-state index contributed by atoms with van der Waals surface area (Å²) in [5, 5.41) is 4.18. The molecule has 3 nitrogen and oxygen atoms in total. The molecule has 2 aromatic rings. The average molecular weight is 310 g/mol. The Kier molecular flexibility index (Phi) is 4.73. The number of aryl methyl sites for hydroxylation is 1. The summed E-state index contributed by atoms with van der Waals surface area (Å²) in [7, 11) is 1.93. The molecular formula is C15H17Cl2N3. The van der Waals surface area contributed by atoms with Crippen LogP contribution in [0, 0.1) is 6.92 Å². The number of aromatic nitrogens is 1. The lowest BCUT2D eigenvalue weighted by molar-refractivity contribution is 1.10. The van der Waals surface area contributed by atoms with Crippen molar-refractivity contribution in [2.24, 2.45) is 0 Å². The van der Waals surface area contributed by atoms with Gasteiger partial charge in [0, 0.05) is 19.3 Å². The lowest BCUT2D eigenvalue weighted by Crippen LogP contribution is -2.13. The van der Waals surface area contributed by atoms with Crippen LogP contribution in [0.5, 0.6) is 0 Å². The summed E-state index contributed by atoms with van der Waals surface area (Å²) in [6.45, 7) is 4.80. The molecular weight excluding hydrogens is 293 g/mol. The van der Waals surface area contributed by atoms with Gasteiger partial charge in [0.05, 0.1) is 10.0 Å². The molecule has 1 heterocycles. The topological polar surface area (TPSA) is 28.2 Å². The normalized spacial score (nSPS) is 10.4. The van der Waals surface area contributed by atoms with Crippen molar-refractivity contribution >= 4 is 40.5 Å². The fourth-order valence-electron chi connectivity index (χ4n) is 1.87. The van der Waals surface area contributed by atoms with E-state index in [0.29, 0.717) is 21.7 Å². The van der Waals surface area contributed by atoms with Gasteiger partial charge in [-0.25, -0.2) is 4.98 Å². The summed E-state index contributed by atoms with van der Waals surface area (Å²) in [5.74, 6) is 1.32. The van der Waals surface area contributed by atoms with Crippen LogP contribution in [0.1, 0.15) is 12.5 Å². The molecule has 0 spiro atoms. The average Bonchev–Trinajstić information content (AvgIpc) is 2.42. The van der Waals surface area contributed by atoms with E-state index in [2.05, 4.69) is 29.4 Å². The van der Waals surface area contributed by atoms with Crippen LogP contribution in [-0.4, -0.2) is 18.6 Å². The Morgan fingerprint density at radius 3 is 2.40 bits per heavy atom. The van der Waals surface area contributed by atoms with Gasteiger partial charge in [0.25, 0.3) is 0 Å². The van der Waals surface area contributed by atoms with Crippen LogP contribution < -0.4 is 10.2 Å². The van der Waals surface area contributed by atoms with E-state index >= 15 is 0 Å². The molecule has 0 saturated heterocycles. The van der Waals surface area contributed by atoms with Crippen molar-refractivity contribution in [3.63, 3.8) is 0 Å². The molecule has 5 heteroatoms. The highest BCUT2D eigenvalue weighted by Gasteiger charge is 2.13. The first-order chi connectivity index (χ1) is 9.52. The quantitative estimate of drug-likeness (QED) is 0.871. The second-order valence-corrected chi connectivity index (χ2v) is 5.36. The monoisotopic (exact) mass is 309 g/mol. The molecule has 0 aliphatic heterocycles. The summed E-state index contributed by atoms with van der Waals surface area (Å²) < 4.78 is 0. The van der Waals surface area contributed by atoms with Gasteiger partial charge in [0.15, 0.2) is 5.82 Å². The Bertz CT molecular complexity index is 597. The van der Waals surface area contributed by atoms with Crippen LogP contribution in [0.3, 0.4) is 0 Å². The SMILES string of the molecule is CCNc1nc(N(C)c2ccc(C)cc2)c(Cl)cc1Cl. The second kappa shape index (κ2) is 6.33. The number of anilines is 3. The van der Waals surface area contributed by atoms with E-state index in [0.717, 1.165) is 12.2 Å². The molecule has 1 aromatic carbocycles. The number of nitrogens with one attached hydrogen (secondary N) is 1. The maximum absolute atomic E-state index is 6.26. The predicted octanol–water partition coefficient (Wildman–Crippen LogP) is 4.90. The number of hydrogen-bond acceptors (Lipinski definition) is 3. The van der Waals surface area contributed by atoms with Crippen molar-refractivity contribution in [3.8, 4) is 0 Å². The third-order valence-electron chi connectivity index (χ3n) is 2.99. The van der Waals surface area contributed by atoms with Gasteiger partial charge in [0.2, 0.25) is 0 Å². The molecule has 0 unspecified atom stereocenters. The molecule has 0 aliphatic carbocycles. The number of rotatable bonds is 4. The summed E-state index contributed by atoms with van der Waals surface area (Å²) in [6, 6.07) is 9.90. The number of nitrogens with zero attached hydrogens (tertiary/aromatic N) is 2. The molecule has 0 bridgehead atoms. The summed E-state index contributed by atoms with van der Waals surface area (Å²) in [4.78, 5) is 6.45. The Labute approximate surface area is 129 Å². The van der Waals surface area contributed by atoms with Crippen LogP contribution >= 0.6 is 23.2 Å². The molecule has 1 N–H and O–H groups in total. The fraction of sp³-hybridized carbons (Fsp3) is 0.267. The molecule has 0 amide bonds. The van der Waals surface area contributed by atoms with Crippen LogP contribution in [0.15, 0.2) is 30.3 Å². The standard InChI is InChI=1S/C15H17Cl2N3/c1-4-18-14-12(16)9-13(17)15(19-14)20(3)11-7-5-10(2)6-8-11/h5-9H,4H2,1-3H3,(H,18,19). The molecule has 2 rings (SSSR count). The molecule has 0 radical (unpaired) electrons. The summed E-state index contributed by atoms with van der Waals surface area (Å²) >= 11 is 12.4. The van der Waals surface area contributed by atoms with Crippen LogP contribution in [-0.2, 0) is 0 Å². The first-order valence-corrected chi connectivity index (χ1v) is 7.18. The summed E-state index contributed by atoms with van der Waals surface area (Å²) in [6.07, 6.45) is 0. The Morgan fingerprint density at radius 1 is 1.15 bits per heavy atom. The Hall–Kier alpha value is -1.45. The number of hydrogen-bond donors (Lipinski definition) is 1. The van der Waals surface area contributed by atoms with E-state index in [9.17, 15) is 0 Å². The molecule has 0 saturated carbocycles. The zero-order valence-corrected chi connectivity index (χ0v) is 13.3. The summed E-state index contributed by atoms with van der Waals surface area (Å²) in [5.41, 5.74) is 2.24. The number of halogens is 2. The lowest BCUT2D eigenvalue weighted by atomic mass is 10.2. The van der Waals surface area contributed by atoms with E-state index in [1.54, 1.807) is 6.07 Å². The molecule has 0 fully saturated rings. The van der Waals surface area contributed by atoms with Gasteiger partial charge in [0.1, 0.15) is 5.82 Å². The largest absolute Gasteiger partial charge is 0.369 e. The van der Waals surface area contributed by atoms with Crippen molar-refractivity contribution in [2.75, 3.05) is 23.8 Å². The minimum absolute atomic E-state index is 0.526. The zero-order chi connectivity index (χ0) is 14.7. The number of pyridine rings is 1. The fourth-order valence-corrected chi connectivity index (χ4v) is 2.43. The highest BCUT2D eigenvalue weighted by atomic mass is 35.5. The first kappa shape index (κ1) is 14.9.